The molecule has 2 atom stereocenters. The molecule has 2 aliphatic rings. The second kappa shape index (κ2) is 8.90. The van der Waals surface area contributed by atoms with Crippen LogP contribution in [-0.4, -0.2) is 58.1 Å². The molecule has 4 heterocycles. The number of piperazine rings is 1. The third kappa shape index (κ3) is 4.73. The highest BCUT2D eigenvalue weighted by molar-refractivity contribution is 5.94. The highest BCUT2D eigenvalue weighted by Gasteiger charge is 2.43. The maximum absolute atomic E-state index is 13.0. The third-order valence-electron chi connectivity index (χ3n) is 6.40. The average Bonchev–Trinajstić information content (AvgIpc) is 3.56. The molecule has 33 heavy (non-hydrogen) atoms. The summed E-state index contributed by atoms with van der Waals surface area (Å²) in [5, 5.41) is 2.68. The number of carbonyl (C=O) groups excluding carboxylic acids is 1. The molecule has 0 aromatic carbocycles. The molecule has 3 aromatic heterocycles. The first-order valence-electron chi connectivity index (χ1n) is 11.4. The molecule has 0 radical (unpaired) electrons. The van der Waals surface area contributed by atoms with Crippen LogP contribution in [0.2, 0.25) is 0 Å². The summed E-state index contributed by atoms with van der Waals surface area (Å²) in [6.45, 7) is 6.23. The number of carbonyl (C=O) groups is 1. The fourth-order valence-electron chi connectivity index (χ4n) is 4.24. The van der Waals surface area contributed by atoms with E-state index in [2.05, 4.69) is 30.1 Å². The smallest absolute Gasteiger partial charge is 0.251 e. The van der Waals surface area contributed by atoms with Crippen LogP contribution in [0.3, 0.4) is 0 Å². The predicted molar refractivity (Wildman–Crippen MR) is 125 cm³/mol. The standard InChI is InChI=1S/C24H27FN6O2/c1-2-16-10-20-21(28-23(16)32)9-15(12-26-20)14-30-5-7-31(8-6-30)17-3-4-22(27-13-17)29-24(33)18-11-19(18)25/h3-4,9-10,12-13,18-19H,2,5-8,11,14H2,1H3,(H,28,32)(H,27,29,33). The number of nitrogens with zero attached hydrogens (tertiary/aromatic N) is 4. The molecule has 0 bridgehead atoms. The van der Waals surface area contributed by atoms with Gasteiger partial charge in [-0.05, 0) is 42.7 Å². The number of pyridine rings is 3. The van der Waals surface area contributed by atoms with Crippen molar-refractivity contribution in [2.24, 2.45) is 5.92 Å². The Morgan fingerprint density at radius 2 is 1.97 bits per heavy atom. The molecule has 8 nitrogen and oxygen atoms in total. The van der Waals surface area contributed by atoms with Crippen LogP contribution in [-0.2, 0) is 17.8 Å². The molecular formula is C24H27FN6O2. The maximum Gasteiger partial charge on any atom is 0.251 e. The summed E-state index contributed by atoms with van der Waals surface area (Å²) >= 11 is 0. The van der Waals surface area contributed by atoms with Crippen molar-refractivity contribution in [1.82, 2.24) is 19.9 Å². The van der Waals surface area contributed by atoms with Crippen molar-refractivity contribution in [3.8, 4) is 0 Å². The van der Waals surface area contributed by atoms with Crippen molar-refractivity contribution in [1.29, 1.82) is 0 Å². The molecule has 1 aliphatic heterocycles. The number of anilines is 2. The second-order valence-electron chi connectivity index (χ2n) is 8.77. The number of hydrogen-bond donors (Lipinski definition) is 2. The van der Waals surface area contributed by atoms with Crippen molar-refractivity contribution in [2.75, 3.05) is 36.4 Å². The minimum Gasteiger partial charge on any atom is -0.368 e. The number of nitrogens with one attached hydrogen (secondary N) is 2. The number of H-pyrrole nitrogens is 1. The number of fused-ring (bicyclic) bond motifs is 1. The summed E-state index contributed by atoms with van der Waals surface area (Å²) in [5.74, 6) is -0.366. The van der Waals surface area contributed by atoms with E-state index in [1.807, 2.05) is 31.3 Å². The van der Waals surface area contributed by atoms with Gasteiger partial charge in [0.05, 0.1) is 28.8 Å². The highest BCUT2D eigenvalue weighted by Crippen LogP contribution is 2.34. The first-order valence-corrected chi connectivity index (χ1v) is 11.4. The Morgan fingerprint density at radius 1 is 1.18 bits per heavy atom. The zero-order valence-corrected chi connectivity index (χ0v) is 18.6. The topological polar surface area (TPSA) is 94.2 Å². The zero-order valence-electron chi connectivity index (χ0n) is 18.6. The molecule has 3 aromatic rings. The van der Waals surface area contributed by atoms with Crippen molar-refractivity contribution >= 4 is 28.4 Å². The lowest BCUT2D eigenvalue weighted by Crippen LogP contribution is -2.46. The van der Waals surface area contributed by atoms with E-state index in [9.17, 15) is 14.0 Å². The normalized spacial score (nSPS) is 20.7. The Hall–Kier alpha value is -3.33. The Labute approximate surface area is 190 Å². The van der Waals surface area contributed by atoms with E-state index in [0.717, 1.165) is 60.6 Å². The van der Waals surface area contributed by atoms with Crippen LogP contribution in [0, 0.1) is 5.92 Å². The van der Waals surface area contributed by atoms with E-state index >= 15 is 0 Å². The van der Waals surface area contributed by atoms with Crippen LogP contribution in [0.1, 0.15) is 24.5 Å². The third-order valence-corrected chi connectivity index (χ3v) is 6.40. The maximum atomic E-state index is 13.0. The molecule has 2 N–H and O–H groups in total. The lowest BCUT2D eigenvalue weighted by Gasteiger charge is -2.36. The van der Waals surface area contributed by atoms with E-state index in [4.69, 9.17) is 0 Å². The van der Waals surface area contributed by atoms with Crippen LogP contribution in [0.15, 0.2) is 41.5 Å². The van der Waals surface area contributed by atoms with Gasteiger partial charge in [0.15, 0.2) is 0 Å². The molecule has 2 unspecified atom stereocenters. The molecule has 172 valence electrons. The lowest BCUT2D eigenvalue weighted by molar-refractivity contribution is -0.117. The van der Waals surface area contributed by atoms with E-state index in [1.54, 1.807) is 12.3 Å². The van der Waals surface area contributed by atoms with E-state index in [-0.39, 0.29) is 11.5 Å². The first kappa shape index (κ1) is 21.5. The minimum absolute atomic E-state index is 0.0455. The summed E-state index contributed by atoms with van der Waals surface area (Å²) in [7, 11) is 0. The van der Waals surface area contributed by atoms with E-state index < -0.39 is 12.1 Å². The summed E-state index contributed by atoms with van der Waals surface area (Å²) in [5.41, 5.74) is 4.36. The second-order valence-corrected chi connectivity index (χ2v) is 8.77. The molecule has 2 fully saturated rings. The lowest BCUT2D eigenvalue weighted by atomic mass is 10.1. The largest absolute Gasteiger partial charge is 0.368 e. The first-order chi connectivity index (χ1) is 16.0. The molecule has 5 rings (SSSR count). The van der Waals surface area contributed by atoms with Gasteiger partial charge in [0.1, 0.15) is 12.0 Å². The molecule has 0 spiro atoms. The number of aromatic amines is 1. The summed E-state index contributed by atoms with van der Waals surface area (Å²) in [4.78, 5) is 40.4. The highest BCUT2D eigenvalue weighted by atomic mass is 19.1. The fourth-order valence-corrected chi connectivity index (χ4v) is 4.24. The van der Waals surface area contributed by atoms with Crippen LogP contribution in [0.4, 0.5) is 15.9 Å². The Balaban J connectivity index is 1.16. The van der Waals surface area contributed by atoms with Gasteiger partial charge in [-0.3, -0.25) is 19.5 Å². The summed E-state index contributed by atoms with van der Waals surface area (Å²) < 4.78 is 13.0. The Morgan fingerprint density at radius 3 is 2.64 bits per heavy atom. The van der Waals surface area contributed by atoms with Crippen molar-refractivity contribution < 1.29 is 9.18 Å². The molecule has 1 aliphatic carbocycles. The number of rotatable bonds is 6. The number of aromatic nitrogens is 3. The Bertz CT molecular complexity index is 1220. The predicted octanol–water partition coefficient (Wildman–Crippen LogP) is 2.50. The van der Waals surface area contributed by atoms with Crippen molar-refractivity contribution in [3.63, 3.8) is 0 Å². The van der Waals surface area contributed by atoms with Gasteiger partial charge in [0.25, 0.3) is 5.56 Å². The Kier molecular flexibility index (Phi) is 5.80. The average molecular weight is 451 g/mol. The summed E-state index contributed by atoms with van der Waals surface area (Å²) in [6, 6.07) is 7.58. The number of hydrogen-bond acceptors (Lipinski definition) is 6. The van der Waals surface area contributed by atoms with Crippen LogP contribution in [0.5, 0.6) is 0 Å². The van der Waals surface area contributed by atoms with Gasteiger partial charge in [-0.2, -0.15) is 0 Å². The van der Waals surface area contributed by atoms with Gasteiger partial charge < -0.3 is 15.2 Å². The van der Waals surface area contributed by atoms with Crippen LogP contribution in [0.25, 0.3) is 11.0 Å². The summed E-state index contributed by atoms with van der Waals surface area (Å²) in [6.07, 6.45) is 3.62. The van der Waals surface area contributed by atoms with E-state index in [0.29, 0.717) is 18.7 Å². The van der Waals surface area contributed by atoms with Crippen molar-refractivity contribution in [2.45, 2.75) is 32.5 Å². The van der Waals surface area contributed by atoms with Gasteiger partial charge in [-0.25, -0.2) is 9.37 Å². The fraction of sp³-hybridized carbons (Fsp3) is 0.417. The van der Waals surface area contributed by atoms with Gasteiger partial charge in [0.2, 0.25) is 5.91 Å². The van der Waals surface area contributed by atoms with Crippen LogP contribution < -0.4 is 15.8 Å². The van der Waals surface area contributed by atoms with Gasteiger partial charge in [-0.15, -0.1) is 0 Å². The van der Waals surface area contributed by atoms with E-state index in [1.165, 1.54) is 0 Å². The van der Waals surface area contributed by atoms with Crippen molar-refractivity contribution in [3.05, 3.63) is 58.1 Å². The van der Waals surface area contributed by atoms with Gasteiger partial charge in [0, 0.05) is 44.5 Å². The number of amides is 1. The molecule has 1 amide bonds. The SMILES string of the molecule is CCc1cc2ncc(CN3CCN(c4ccc(NC(=O)C5CC5F)nc4)CC3)cc2[nH]c1=O. The molecular weight excluding hydrogens is 423 g/mol. The number of alkyl halides is 1. The quantitative estimate of drug-likeness (QED) is 0.599. The van der Waals surface area contributed by atoms with Crippen LogP contribution >= 0.6 is 0 Å². The molecule has 9 heteroatoms. The molecule has 1 saturated heterocycles. The molecule has 1 saturated carbocycles. The number of halogens is 1. The minimum atomic E-state index is -1.01. The number of aryl methyl sites for hydroxylation is 1. The zero-order chi connectivity index (χ0) is 22.9. The van der Waals surface area contributed by atoms with Gasteiger partial charge in [-0.1, -0.05) is 6.92 Å². The van der Waals surface area contributed by atoms with Gasteiger partial charge >= 0.3 is 0 Å². The monoisotopic (exact) mass is 450 g/mol.